The van der Waals surface area contributed by atoms with Gasteiger partial charge in [0.2, 0.25) is 0 Å². The van der Waals surface area contributed by atoms with Gasteiger partial charge >= 0.3 is 0 Å². The lowest BCUT2D eigenvalue weighted by Crippen LogP contribution is -2.31. The van der Waals surface area contributed by atoms with Crippen LogP contribution in [0.4, 0.5) is 0 Å². The van der Waals surface area contributed by atoms with Gasteiger partial charge in [-0.2, -0.15) is 0 Å². The van der Waals surface area contributed by atoms with E-state index in [1.165, 1.54) is 5.56 Å². The molecule has 3 heteroatoms. The maximum atomic E-state index is 9.95. The number of para-hydroxylation sites is 1. The fraction of sp³-hybridized carbons (Fsp3) is 0.333. The Morgan fingerprint density at radius 2 is 1.62 bits per heavy atom. The summed E-state index contributed by atoms with van der Waals surface area (Å²) in [4.78, 5) is 2.17. The molecule has 0 spiro atoms. The van der Waals surface area contributed by atoms with E-state index in [0.717, 1.165) is 18.5 Å². The molecule has 2 rings (SSSR count). The normalized spacial score (nSPS) is 12.5. The molecule has 2 N–H and O–H groups in total. The van der Waals surface area contributed by atoms with Crippen molar-refractivity contribution in [1.82, 2.24) is 4.90 Å². The third kappa shape index (κ3) is 4.88. The number of phenolic OH excluding ortho intramolecular Hbond substituents is 1. The first-order valence-electron chi connectivity index (χ1n) is 7.40. The molecule has 0 saturated carbocycles. The topological polar surface area (TPSA) is 43.7 Å². The number of rotatable bonds is 7. The molecule has 0 bridgehead atoms. The number of phenols is 1. The summed E-state index contributed by atoms with van der Waals surface area (Å²) in [6, 6.07) is 17.6. The molecule has 0 aromatic heterocycles. The first kappa shape index (κ1) is 15.5. The highest BCUT2D eigenvalue weighted by Gasteiger charge is 2.13. The van der Waals surface area contributed by atoms with E-state index in [-0.39, 0.29) is 6.10 Å². The zero-order chi connectivity index (χ0) is 15.1. The molecular formula is C18H23NO2. The molecule has 0 amide bonds. The molecule has 0 heterocycles. The number of aliphatic hydroxyl groups excluding tert-OH is 1. The van der Waals surface area contributed by atoms with Gasteiger partial charge in [0, 0.05) is 25.2 Å². The van der Waals surface area contributed by atoms with Crippen molar-refractivity contribution in [2.24, 2.45) is 0 Å². The molecular weight excluding hydrogens is 262 g/mol. The minimum atomic E-state index is -0.348. The second kappa shape index (κ2) is 7.81. The number of aliphatic hydroxyl groups is 1. The molecule has 1 atom stereocenters. The molecule has 0 saturated heterocycles. The van der Waals surface area contributed by atoms with Gasteiger partial charge < -0.3 is 10.2 Å². The summed E-state index contributed by atoms with van der Waals surface area (Å²) in [5, 5.41) is 19.9. The average molecular weight is 285 g/mol. The third-order valence-corrected chi connectivity index (χ3v) is 3.57. The summed E-state index contributed by atoms with van der Waals surface area (Å²) < 4.78 is 0. The summed E-state index contributed by atoms with van der Waals surface area (Å²) >= 11 is 0. The molecule has 0 aliphatic rings. The Morgan fingerprint density at radius 3 is 2.29 bits per heavy atom. The average Bonchev–Trinajstić information content (AvgIpc) is 2.50. The second-order valence-corrected chi connectivity index (χ2v) is 5.35. The molecule has 2 aromatic rings. The Hall–Kier alpha value is -1.84. The van der Waals surface area contributed by atoms with Crippen molar-refractivity contribution < 1.29 is 10.2 Å². The Bertz CT molecular complexity index is 542. The molecule has 1 unspecified atom stereocenters. The second-order valence-electron chi connectivity index (χ2n) is 5.35. The fourth-order valence-electron chi connectivity index (χ4n) is 2.34. The molecule has 0 fully saturated rings. The number of nitrogens with zero attached hydrogens (tertiary/aromatic N) is 1. The summed E-state index contributed by atoms with van der Waals surface area (Å²) in [6.07, 6.45) is 0.381. The number of hydrogen-bond acceptors (Lipinski definition) is 3. The van der Waals surface area contributed by atoms with Gasteiger partial charge in [0.15, 0.2) is 0 Å². The molecule has 2 aromatic carbocycles. The van der Waals surface area contributed by atoms with E-state index in [1.807, 2.05) is 43.3 Å². The summed E-state index contributed by atoms with van der Waals surface area (Å²) in [5.41, 5.74) is 2.09. The largest absolute Gasteiger partial charge is 0.508 e. The molecule has 0 aliphatic heterocycles. The SMILES string of the molecule is CCC(O)CN(Cc1ccccc1)Cc1ccccc1O. The summed E-state index contributed by atoms with van der Waals surface area (Å²) in [6.45, 7) is 3.95. The van der Waals surface area contributed by atoms with E-state index < -0.39 is 0 Å². The summed E-state index contributed by atoms with van der Waals surface area (Å²) in [5.74, 6) is 0.307. The Morgan fingerprint density at radius 1 is 0.952 bits per heavy atom. The van der Waals surface area contributed by atoms with Crippen LogP contribution < -0.4 is 0 Å². The Balaban J connectivity index is 2.10. The van der Waals surface area contributed by atoms with E-state index in [9.17, 15) is 10.2 Å². The van der Waals surface area contributed by atoms with Crippen molar-refractivity contribution in [3.8, 4) is 5.75 Å². The third-order valence-electron chi connectivity index (χ3n) is 3.57. The molecule has 3 nitrogen and oxygen atoms in total. The fourth-order valence-corrected chi connectivity index (χ4v) is 2.34. The predicted octanol–water partition coefficient (Wildman–Crippen LogP) is 3.17. The Kier molecular flexibility index (Phi) is 5.78. The van der Waals surface area contributed by atoms with Crippen LogP contribution in [0.1, 0.15) is 24.5 Å². The van der Waals surface area contributed by atoms with Gasteiger partial charge in [-0.25, -0.2) is 0 Å². The maximum Gasteiger partial charge on any atom is 0.120 e. The van der Waals surface area contributed by atoms with Gasteiger partial charge in [0.05, 0.1) is 6.10 Å². The van der Waals surface area contributed by atoms with Gasteiger partial charge in [-0.1, -0.05) is 55.5 Å². The maximum absolute atomic E-state index is 9.95. The van der Waals surface area contributed by atoms with Crippen LogP contribution >= 0.6 is 0 Å². The predicted molar refractivity (Wildman–Crippen MR) is 85.0 cm³/mol. The van der Waals surface area contributed by atoms with Crippen molar-refractivity contribution in [2.45, 2.75) is 32.5 Å². The van der Waals surface area contributed by atoms with Crippen molar-refractivity contribution in [2.75, 3.05) is 6.54 Å². The number of benzene rings is 2. The zero-order valence-corrected chi connectivity index (χ0v) is 12.4. The van der Waals surface area contributed by atoms with Crippen LogP contribution in [-0.2, 0) is 13.1 Å². The minimum absolute atomic E-state index is 0.307. The highest BCUT2D eigenvalue weighted by Crippen LogP contribution is 2.19. The smallest absolute Gasteiger partial charge is 0.120 e. The van der Waals surface area contributed by atoms with Crippen LogP contribution in [0.5, 0.6) is 5.75 Å². The first-order valence-corrected chi connectivity index (χ1v) is 7.40. The van der Waals surface area contributed by atoms with Crippen LogP contribution in [0.25, 0.3) is 0 Å². The van der Waals surface area contributed by atoms with Crippen molar-refractivity contribution >= 4 is 0 Å². The summed E-state index contributed by atoms with van der Waals surface area (Å²) in [7, 11) is 0. The molecule has 112 valence electrons. The minimum Gasteiger partial charge on any atom is -0.508 e. The van der Waals surface area contributed by atoms with E-state index >= 15 is 0 Å². The lowest BCUT2D eigenvalue weighted by molar-refractivity contribution is 0.101. The number of hydrogen-bond donors (Lipinski definition) is 2. The van der Waals surface area contributed by atoms with E-state index in [0.29, 0.717) is 18.8 Å². The molecule has 21 heavy (non-hydrogen) atoms. The highest BCUT2D eigenvalue weighted by molar-refractivity contribution is 5.31. The Labute approximate surface area is 126 Å². The number of aromatic hydroxyl groups is 1. The van der Waals surface area contributed by atoms with Gasteiger partial charge in [-0.3, -0.25) is 4.90 Å². The molecule has 0 aliphatic carbocycles. The molecule has 0 radical (unpaired) electrons. The van der Waals surface area contributed by atoms with Gasteiger partial charge in [0.25, 0.3) is 0 Å². The first-order chi connectivity index (χ1) is 10.2. The quantitative estimate of drug-likeness (QED) is 0.821. The standard InChI is InChI=1S/C18H23NO2/c1-2-17(20)14-19(12-15-8-4-3-5-9-15)13-16-10-6-7-11-18(16)21/h3-11,17,20-21H,2,12-14H2,1H3. The van der Waals surface area contributed by atoms with Gasteiger partial charge in [0.1, 0.15) is 5.75 Å². The van der Waals surface area contributed by atoms with Crippen LogP contribution in [-0.4, -0.2) is 27.8 Å². The van der Waals surface area contributed by atoms with E-state index in [4.69, 9.17) is 0 Å². The van der Waals surface area contributed by atoms with Crippen LogP contribution in [0, 0.1) is 0 Å². The van der Waals surface area contributed by atoms with Crippen LogP contribution in [0.3, 0.4) is 0 Å². The lowest BCUT2D eigenvalue weighted by Gasteiger charge is -2.25. The van der Waals surface area contributed by atoms with Crippen molar-refractivity contribution in [3.63, 3.8) is 0 Å². The van der Waals surface area contributed by atoms with E-state index in [1.54, 1.807) is 6.07 Å². The lowest BCUT2D eigenvalue weighted by atomic mass is 10.1. The van der Waals surface area contributed by atoms with Crippen molar-refractivity contribution in [3.05, 3.63) is 65.7 Å². The zero-order valence-electron chi connectivity index (χ0n) is 12.4. The highest BCUT2D eigenvalue weighted by atomic mass is 16.3. The van der Waals surface area contributed by atoms with E-state index in [2.05, 4.69) is 17.0 Å². The van der Waals surface area contributed by atoms with Crippen molar-refractivity contribution in [1.29, 1.82) is 0 Å². The van der Waals surface area contributed by atoms with Gasteiger partial charge in [-0.05, 0) is 18.1 Å². The van der Waals surface area contributed by atoms with Crippen LogP contribution in [0.15, 0.2) is 54.6 Å². The van der Waals surface area contributed by atoms with Crippen LogP contribution in [0.2, 0.25) is 0 Å². The van der Waals surface area contributed by atoms with Gasteiger partial charge in [-0.15, -0.1) is 0 Å². The monoisotopic (exact) mass is 285 g/mol.